The summed E-state index contributed by atoms with van der Waals surface area (Å²) in [6.45, 7) is 2.79. The summed E-state index contributed by atoms with van der Waals surface area (Å²) in [5.74, 6) is 1.17. The monoisotopic (exact) mass is 360 g/mol. The molecule has 1 aromatic heterocycles. The second-order valence-electron chi connectivity index (χ2n) is 6.59. The minimum absolute atomic E-state index is 0.170. The smallest absolute Gasteiger partial charge is 0.256 e. The van der Waals surface area contributed by atoms with Gasteiger partial charge in [0.1, 0.15) is 11.6 Å². The Bertz CT molecular complexity index is 920. The Morgan fingerprint density at radius 3 is 2.41 bits per heavy atom. The number of benzene rings is 2. The first-order chi connectivity index (χ1) is 13.0. The van der Waals surface area contributed by atoms with E-state index >= 15 is 0 Å². The van der Waals surface area contributed by atoms with Gasteiger partial charge < -0.3 is 15.5 Å². The third-order valence-corrected chi connectivity index (χ3v) is 4.28. The van der Waals surface area contributed by atoms with Gasteiger partial charge in [0.05, 0.1) is 0 Å². The average molecular weight is 360 g/mol. The van der Waals surface area contributed by atoms with Crippen LogP contribution in [-0.4, -0.2) is 25.0 Å². The van der Waals surface area contributed by atoms with Gasteiger partial charge in [-0.1, -0.05) is 36.4 Å². The number of rotatable bonds is 6. The standard InChI is InChI=1S/C22H24N4O/c1-16-7-4-5-8-19(16)23-15-17-11-13-18(14-12-17)22(27)25-20-9-6-10-21(24-20)26(2)3/h4-14,23H,15H2,1-3H3,(H,24,25,27). The Labute approximate surface area is 160 Å². The molecule has 0 aliphatic carbocycles. The molecule has 5 nitrogen and oxygen atoms in total. The highest BCUT2D eigenvalue weighted by atomic mass is 16.1. The molecular formula is C22H24N4O. The van der Waals surface area contributed by atoms with Gasteiger partial charge in [-0.05, 0) is 48.4 Å². The molecule has 2 N–H and O–H groups in total. The molecule has 3 rings (SSSR count). The van der Waals surface area contributed by atoms with E-state index in [-0.39, 0.29) is 5.91 Å². The normalized spacial score (nSPS) is 10.3. The van der Waals surface area contributed by atoms with E-state index in [0.717, 1.165) is 17.1 Å². The number of hydrogen-bond donors (Lipinski definition) is 2. The molecule has 0 radical (unpaired) electrons. The zero-order valence-corrected chi connectivity index (χ0v) is 15.9. The van der Waals surface area contributed by atoms with Crippen molar-refractivity contribution in [2.24, 2.45) is 0 Å². The van der Waals surface area contributed by atoms with E-state index in [9.17, 15) is 4.79 Å². The Kier molecular flexibility index (Phi) is 5.71. The van der Waals surface area contributed by atoms with Crippen molar-refractivity contribution in [2.75, 3.05) is 29.6 Å². The lowest BCUT2D eigenvalue weighted by Gasteiger charge is -2.13. The van der Waals surface area contributed by atoms with Gasteiger partial charge in [-0.3, -0.25) is 4.79 Å². The number of pyridine rings is 1. The summed E-state index contributed by atoms with van der Waals surface area (Å²) in [5, 5.41) is 6.27. The van der Waals surface area contributed by atoms with Crippen molar-refractivity contribution in [3.8, 4) is 0 Å². The van der Waals surface area contributed by atoms with Gasteiger partial charge in [-0.2, -0.15) is 0 Å². The SMILES string of the molecule is Cc1ccccc1NCc1ccc(C(=O)Nc2cccc(N(C)C)n2)cc1. The number of aryl methyl sites for hydroxylation is 1. The lowest BCUT2D eigenvalue weighted by Crippen LogP contribution is -2.15. The van der Waals surface area contributed by atoms with E-state index < -0.39 is 0 Å². The van der Waals surface area contributed by atoms with Crippen LogP contribution >= 0.6 is 0 Å². The predicted octanol–water partition coefficient (Wildman–Crippen LogP) is 4.32. The second kappa shape index (κ2) is 8.36. The molecule has 1 heterocycles. The van der Waals surface area contributed by atoms with Crippen LogP contribution in [0.3, 0.4) is 0 Å². The molecule has 0 aliphatic heterocycles. The summed E-state index contributed by atoms with van der Waals surface area (Å²) in [6, 6.07) is 21.3. The predicted molar refractivity (Wildman–Crippen MR) is 111 cm³/mol. The Hall–Kier alpha value is -3.34. The fourth-order valence-electron chi connectivity index (χ4n) is 2.67. The molecular weight excluding hydrogens is 336 g/mol. The lowest BCUT2D eigenvalue weighted by molar-refractivity contribution is 0.102. The minimum atomic E-state index is -0.170. The molecule has 0 aliphatic rings. The van der Waals surface area contributed by atoms with Crippen molar-refractivity contribution in [3.63, 3.8) is 0 Å². The number of para-hydroxylation sites is 1. The molecule has 0 saturated heterocycles. The molecule has 0 atom stereocenters. The molecule has 0 spiro atoms. The Morgan fingerprint density at radius 1 is 0.963 bits per heavy atom. The molecule has 2 aromatic carbocycles. The van der Waals surface area contributed by atoms with Gasteiger partial charge in [-0.25, -0.2) is 4.98 Å². The number of nitrogens with one attached hydrogen (secondary N) is 2. The summed E-state index contributed by atoms with van der Waals surface area (Å²) < 4.78 is 0. The summed E-state index contributed by atoms with van der Waals surface area (Å²) in [4.78, 5) is 18.8. The summed E-state index contributed by atoms with van der Waals surface area (Å²) in [6.07, 6.45) is 0. The number of amides is 1. The van der Waals surface area contributed by atoms with Crippen LogP contribution in [0.1, 0.15) is 21.5 Å². The maximum atomic E-state index is 12.5. The van der Waals surface area contributed by atoms with Crippen molar-refractivity contribution >= 4 is 23.2 Å². The molecule has 0 bridgehead atoms. The van der Waals surface area contributed by atoms with Gasteiger partial charge >= 0.3 is 0 Å². The van der Waals surface area contributed by atoms with Crippen LogP contribution in [0.25, 0.3) is 0 Å². The maximum Gasteiger partial charge on any atom is 0.256 e. The molecule has 27 heavy (non-hydrogen) atoms. The average Bonchev–Trinajstić information content (AvgIpc) is 2.68. The second-order valence-corrected chi connectivity index (χ2v) is 6.59. The van der Waals surface area contributed by atoms with Crippen molar-refractivity contribution in [3.05, 3.63) is 83.4 Å². The molecule has 1 amide bonds. The van der Waals surface area contributed by atoms with E-state index in [2.05, 4.69) is 34.7 Å². The fourth-order valence-corrected chi connectivity index (χ4v) is 2.67. The molecule has 0 unspecified atom stereocenters. The summed E-state index contributed by atoms with van der Waals surface area (Å²) in [7, 11) is 3.83. The highest BCUT2D eigenvalue weighted by molar-refractivity contribution is 6.03. The largest absolute Gasteiger partial charge is 0.381 e. The number of anilines is 3. The van der Waals surface area contributed by atoms with Gasteiger partial charge in [0.2, 0.25) is 0 Å². The van der Waals surface area contributed by atoms with E-state index in [0.29, 0.717) is 17.9 Å². The van der Waals surface area contributed by atoms with Crippen LogP contribution < -0.4 is 15.5 Å². The van der Waals surface area contributed by atoms with Crippen molar-refractivity contribution in [2.45, 2.75) is 13.5 Å². The highest BCUT2D eigenvalue weighted by Gasteiger charge is 2.08. The summed E-state index contributed by atoms with van der Waals surface area (Å²) in [5.41, 5.74) is 4.04. The summed E-state index contributed by atoms with van der Waals surface area (Å²) >= 11 is 0. The number of hydrogen-bond acceptors (Lipinski definition) is 4. The number of carbonyl (C=O) groups excluding carboxylic acids is 1. The topological polar surface area (TPSA) is 57.3 Å². The van der Waals surface area contributed by atoms with Crippen LogP contribution in [0.5, 0.6) is 0 Å². The minimum Gasteiger partial charge on any atom is -0.381 e. The van der Waals surface area contributed by atoms with Crippen molar-refractivity contribution in [1.29, 1.82) is 0 Å². The molecule has 5 heteroatoms. The molecule has 0 fully saturated rings. The van der Waals surface area contributed by atoms with E-state index in [4.69, 9.17) is 0 Å². The molecule has 138 valence electrons. The van der Waals surface area contributed by atoms with Crippen molar-refractivity contribution in [1.82, 2.24) is 4.98 Å². The first kappa shape index (κ1) is 18.5. The first-order valence-corrected chi connectivity index (χ1v) is 8.87. The number of nitrogens with zero attached hydrogens (tertiary/aromatic N) is 2. The Balaban J connectivity index is 1.62. The van der Waals surface area contributed by atoms with Gasteiger partial charge in [0.15, 0.2) is 0 Å². The first-order valence-electron chi connectivity index (χ1n) is 8.87. The lowest BCUT2D eigenvalue weighted by atomic mass is 10.1. The highest BCUT2D eigenvalue weighted by Crippen LogP contribution is 2.16. The van der Waals surface area contributed by atoms with Crippen LogP contribution in [0.2, 0.25) is 0 Å². The number of aromatic nitrogens is 1. The van der Waals surface area contributed by atoms with Crippen molar-refractivity contribution < 1.29 is 4.79 Å². The maximum absolute atomic E-state index is 12.5. The van der Waals surface area contributed by atoms with E-state index in [1.54, 1.807) is 6.07 Å². The molecule has 3 aromatic rings. The van der Waals surface area contributed by atoms with E-state index in [1.807, 2.05) is 67.5 Å². The van der Waals surface area contributed by atoms with E-state index in [1.165, 1.54) is 5.56 Å². The third kappa shape index (κ3) is 4.85. The zero-order chi connectivity index (χ0) is 19.2. The van der Waals surface area contributed by atoms with Crippen LogP contribution in [-0.2, 0) is 6.54 Å². The van der Waals surface area contributed by atoms with Crippen LogP contribution in [0.15, 0.2) is 66.7 Å². The number of carbonyl (C=O) groups is 1. The Morgan fingerprint density at radius 2 is 1.70 bits per heavy atom. The van der Waals surface area contributed by atoms with Crippen LogP contribution in [0.4, 0.5) is 17.3 Å². The van der Waals surface area contributed by atoms with Gasteiger partial charge in [-0.15, -0.1) is 0 Å². The van der Waals surface area contributed by atoms with Crippen LogP contribution in [0, 0.1) is 6.92 Å². The quantitative estimate of drug-likeness (QED) is 0.687. The van der Waals surface area contributed by atoms with Gasteiger partial charge in [0, 0.05) is 31.9 Å². The molecule has 0 saturated carbocycles. The van der Waals surface area contributed by atoms with Gasteiger partial charge in [0.25, 0.3) is 5.91 Å². The third-order valence-electron chi connectivity index (χ3n) is 4.28. The fraction of sp³-hybridized carbons (Fsp3) is 0.182. The zero-order valence-electron chi connectivity index (χ0n) is 15.9.